The van der Waals surface area contributed by atoms with Crippen molar-refractivity contribution in [1.29, 1.82) is 0 Å². The quantitative estimate of drug-likeness (QED) is 0.612. The van der Waals surface area contributed by atoms with E-state index >= 15 is 0 Å². The molecule has 10 heteroatoms. The lowest BCUT2D eigenvalue weighted by Gasteiger charge is -2.13. The summed E-state index contributed by atoms with van der Waals surface area (Å²) in [6.07, 6.45) is 1.69. The maximum absolute atomic E-state index is 12.6. The Morgan fingerprint density at radius 2 is 1.90 bits per heavy atom. The summed E-state index contributed by atoms with van der Waals surface area (Å²) in [6.45, 7) is 0.115. The van der Waals surface area contributed by atoms with Crippen molar-refractivity contribution < 1.29 is 14.4 Å². The van der Waals surface area contributed by atoms with E-state index < -0.39 is 5.91 Å². The molecule has 2 aromatic heterocycles. The van der Waals surface area contributed by atoms with Crippen molar-refractivity contribution in [2.45, 2.75) is 0 Å². The van der Waals surface area contributed by atoms with Gasteiger partial charge >= 0.3 is 0 Å². The maximum atomic E-state index is 12.6. The first-order valence-electron chi connectivity index (χ1n) is 8.99. The number of hydrogen-bond donors (Lipinski definition) is 1. The molecule has 152 valence electrons. The summed E-state index contributed by atoms with van der Waals surface area (Å²) in [6, 6.07) is 10.5. The van der Waals surface area contributed by atoms with Crippen LogP contribution in [-0.4, -0.2) is 44.8 Å². The van der Waals surface area contributed by atoms with E-state index in [0.29, 0.717) is 15.7 Å². The number of hydrogen-bond acceptors (Lipinski definition) is 7. The number of carbonyl (C=O) groups excluding carboxylic acids is 3. The molecule has 1 N–H and O–H groups in total. The van der Waals surface area contributed by atoms with Crippen molar-refractivity contribution in [2.24, 2.45) is 7.05 Å². The molecule has 1 fully saturated rings. The first-order chi connectivity index (χ1) is 14.5. The topological polar surface area (TPSA) is 101 Å². The Kier molecular flexibility index (Phi) is 5.51. The Balaban J connectivity index is 1.45. The first kappa shape index (κ1) is 20.0. The lowest BCUT2D eigenvalue weighted by molar-refractivity contribution is -0.122. The summed E-state index contributed by atoms with van der Waals surface area (Å²) in [5.41, 5.74) is -0.183. The van der Waals surface area contributed by atoms with Gasteiger partial charge in [0.05, 0.1) is 10.3 Å². The van der Waals surface area contributed by atoms with E-state index in [1.807, 2.05) is 17.5 Å². The van der Waals surface area contributed by atoms with Gasteiger partial charge in [0.2, 0.25) is 0 Å². The van der Waals surface area contributed by atoms with Gasteiger partial charge in [0.15, 0.2) is 5.69 Å². The Labute approximate surface area is 179 Å². The molecule has 3 heterocycles. The molecule has 8 nitrogen and oxygen atoms in total. The number of thiophene rings is 1. The Hall–Kier alpha value is -3.24. The van der Waals surface area contributed by atoms with Crippen LogP contribution in [0, 0.1) is 0 Å². The van der Waals surface area contributed by atoms with Crippen LogP contribution >= 0.6 is 23.1 Å². The molecule has 4 rings (SSSR count). The van der Waals surface area contributed by atoms with E-state index in [-0.39, 0.29) is 35.5 Å². The second-order valence-corrected chi connectivity index (χ2v) is 8.40. The van der Waals surface area contributed by atoms with Crippen LogP contribution in [0.3, 0.4) is 0 Å². The molecule has 0 saturated carbocycles. The number of benzene rings is 1. The molecule has 0 radical (unpaired) electrons. The van der Waals surface area contributed by atoms with Gasteiger partial charge in [-0.05, 0) is 35.4 Å². The average molecular weight is 441 g/mol. The SMILES string of the molecule is Cn1nc(C(=O)NCCN2C(=O)S/C(=C\c3cccs3)C2=O)c2ccccc2c1=O. The van der Waals surface area contributed by atoms with Gasteiger partial charge in [-0.2, -0.15) is 5.10 Å². The van der Waals surface area contributed by atoms with Gasteiger partial charge in [-0.1, -0.05) is 24.3 Å². The second-order valence-electron chi connectivity index (χ2n) is 6.43. The van der Waals surface area contributed by atoms with Crippen LogP contribution in [-0.2, 0) is 11.8 Å². The predicted molar refractivity (Wildman–Crippen MR) is 116 cm³/mol. The lowest BCUT2D eigenvalue weighted by atomic mass is 10.1. The Morgan fingerprint density at radius 3 is 2.63 bits per heavy atom. The zero-order valence-electron chi connectivity index (χ0n) is 15.8. The minimum absolute atomic E-state index is 0.0435. The number of nitrogens with one attached hydrogen (secondary N) is 1. The van der Waals surface area contributed by atoms with E-state index in [9.17, 15) is 19.2 Å². The van der Waals surface area contributed by atoms with Crippen LogP contribution in [0.5, 0.6) is 0 Å². The lowest BCUT2D eigenvalue weighted by Crippen LogP contribution is -2.38. The number of aryl methyl sites for hydroxylation is 1. The smallest absolute Gasteiger partial charge is 0.293 e. The molecule has 0 bridgehead atoms. The van der Waals surface area contributed by atoms with Crippen LogP contribution < -0.4 is 10.9 Å². The van der Waals surface area contributed by atoms with Crippen LogP contribution in [0.2, 0.25) is 0 Å². The monoisotopic (exact) mass is 440 g/mol. The van der Waals surface area contributed by atoms with Crippen molar-refractivity contribution in [3.8, 4) is 0 Å². The van der Waals surface area contributed by atoms with Crippen molar-refractivity contribution >= 4 is 57.0 Å². The van der Waals surface area contributed by atoms with Crippen LogP contribution in [0.25, 0.3) is 16.8 Å². The molecule has 1 aliphatic rings. The highest BCUT2D eigenvalue weighted by Crippen LogP contribution is 2.32. The van der Waals surface area contributed by atoms with Crippen molar-refractivity contribution in [1.82, 2.24) is 20.0 Å². The number of fused-ring (bicyclic) bond motifs is 1. The number of carbonyl (C=O) groups is 3. The third-order valence-corrected chi connectivity index (χ3v) is 6.21. The molecule has 30 heavy (non-hydrogen) atoms. The van der Waals surface area contributed by atoms with Crippen molar-refractivity contribution in [3.63, 3.8) is 0 Å². The van der Waals surface area contributed by atoms with E-state index in [1.165, 1.54) is 18.4 Å². The number of thioether (sulfide) groups is 1. The number of amides is 3. The summed E-state index contributed by atoms with van der Waals surface area (Å²) in [7, 11) is 1.48. The summed E-state index contributed by atoms with van der Waals surface area (Å²) < 4.78 is 1.11. The van der Waals surface area contributed by atoms with E-state index in [1.54, 1.807) is 30.3 Å². The van der Waals surface area contributed by atoms with E-state index in [2.05, 4.69) is 10.4 Å². The fourth-order valence-corrected chi connectivity index (χ4v) is 4.62. The number of rotatable bonds is 5. The van der Waals surface area contributed by atoms with Gasteiger partial charge in [0.1, 0.15) is 0 Å². The summed E-state index contributed by atoms with van der Waals surface area (Å²) >= 11 is 2.36. The highest BCUT2D eigenvalue weighted by molar-refractivity contribution is 8.18. The Bertz CT molecular complexity index is 1250. The van der Waals surface area contributed by atoms with E-state index in [0.717, 1.165) is 26.2 Å². The van der Waals surface area contributed by atoms with Gasteiger partial charge in [0, 0.05) is 30.4 Å². The molecule has 0 atom stereocenters. The Morgan fingerprint density at radius 1 is 1.13 bits per heavy atom. The molecule has 0 aliphatic carbocycles. The van der Waals surface area contributed by atoms with Crippen molar-refractivity contribution in [3.05, 3.63) is 67.6 Å². The van der Waals surface area contributed by atoms with Gasteiger partial charge in [-0.25, -0.2) is 4.68 Å². The highest BCUT2D eigenvalue weighted by atomic mass is 32.2. The van der Waals surface area contributed by atoms with Gasteiger partial charge in [-0.15, -0.1) is 11.3 Å². The van der Waals surface area contributed by atoms with Gasteiger partial charge in [0.25, 0.3) is 22.6 Å². The number of nitrogens with zero attached hydrogens (tertiary/aromatic N) is 3. The molecule has 0 unspecified atom stereocenters. The summed E-state index contributed by atoms with van der Waals surface area (Å²) in [4.78, 5) is 51.9. The average Bonchev–Trinajstić information content (AvgIpc) is 3.34. The standard InChI is InChI=1S/C20H16N4O4S2/c1-23-18(26)14-7-3-2-6-13(14)16(22-23)17(25)21-8-9-24-19(27)15(30-20(24)28)11-12-5-4-10-29-12/h2-7,10-11H,8-9H2,1H3,(H,21,25)/b15-11-. The fraction of sp³-hybridized carbons (Fsp3) is 0.150. The van der Waals surface area contributed by atoms with Crippen LogP contribution in [0.1, 0.15) is 15.4 Å². The number of aromatic nitrogens is 2. The van der Waals surface area contributed by atoms with Gasteiger partial charge < -0.3 is 5.32 Å². The molecule has 3 aromatic rings. The van der Waals surface area contributed by atoms with Crippen molar-refractivity contribution in [2.75, 3.05) is 13.1 Å². The van der Waals surface area contributed by atoms with Gasteiger partial charge in [-0.3, -0.25) is 24.1 Å². The summed E-state index contributed by atoms with van der Waals surface area (Å²) in [5, 5.41) is 9.10. The molecule has 0 spiro atoms. The summed E-state index contributed by atoms with van der Waals surface area (Å²) in [5.74, 6) is -0.860. The zero-order valence-corrected chi connectivity index (χ0v) is 17.5. The third-order valence-electron chi connectivity index (χ3n) is 4.48. The minimum Gasteiger partial charge on any atom is -0.349 e. The van der Waals surface area contributed by atoms with E-state index in [4.69, 9.17) is 0 Å². The second kappa shape index (κ2) is 8.25. The van der Waals surface area contributed by atoms with Crippen LogP contribution in [0.15, 0.2) is 51.5 Å². The minimum atomic E-state index is -0.483. The third kappa shape index (κ3) is 3.79. The fourth-order valence-electron chi connectivity index (χ4n) is 3.03. The maximum Gasteiger partial charge on any atom is 0.293 e. The molecule has 1 saturated heterocycles. The number of imide groups is 1. The molecule has 1 aromatic carbocycles. The first-order valence-corrected chi connectivity index (χ1v) is 10.7. The largest absolute Gasteiger partial charge is 0.349 e. The van der Waals surface area contributed by atoms with Crippen LogP contribution in [0.4, 0.5) is 4.79 Å². The molecular weight excluding hydrogens is 424 g/mol. The molecule has 1 aliphatic heterocycles. The predicted octanol–water partition coefficient (Wildman–Crippen LogP) is 2.46. The molecule has 3 amide bonds. The normalized spacial score (nSPS) is 15.4. The highest BCUT2D eigenvalue weighted by Gasteiger charge is 2.34. The zero-order chi connectivity index (χ0) is 21.3. The molecular formula is C20H16N4O4S2.